The monoisotopic (exact) mass is 330 g/mol. The van der Waals surface area contributed by atoms with Crippen molar-refractivity contribution < 1.29 is 23.9 Å². The second-order valence-corrected chi connectivity index (χ2v) is 5.04. The summed E-state index contributed by atoms with van der Waals surface area (Å²) in [5, 5.41) is 3.41. The van der Waals surface area contributed by atoms with E-state index < -0.39 is 23.9 Å². The van der Waals surface area contributed by atoms with Gasteiger partial charge in [-0.3, -0.25) is 14.6 Å². The van der Waals surface area contributed by atoms with Gasteiger partial charge in [0.1, 0.15) is 6.04 Å². The third-order valence-corrected chi connectivity index (χ3v) is 3.53. The van der Waals surface area contributed by atoms with Crippen molar-refractivity contribution in [1.29, 1.82) is 0 Å². The molecule has 0 unspecified atom stereocenters. The number of hydrogen-bond acceptors (Lipinski definition) is 6. The van der Waals surface area contributed by atoms with Crippen LogP contribution >= 0.6 is 0 Å². The average Bonchev–Trinajstić information content (AvgIpc) is 2.63. The van der Waals surface area contributed by atoms with Gasteiger partial charge < -0.3 is 14.8 Å². The number of methoxy groups -OCH3 is 2. The molecule has 2 aromatic rings. The Bertz CT molecular complexity index is 754. The minimum absolute atomic E-state index is 0.00959. The van der Waals surface area contributed by atoms with Crippen LogP contribution in [-0.4, -0.2) is 43.1 Å². The molecule has 0 radical (unpaired) electrons. The molecule has 0 aliphatic heterocycles. The van der Waals surface area contributed by atoms with Gasteiger partial charge >= 0.3 is 11.9 Å². The minimum atomic E-state index is -0.944. The molecule has 0 aliphatic carbocycles. The molecular weight excluding hydrogens is 312 g/mol. The van der Waals surface area contributed by atoms with Crippen LogP contribution in [-0.2, 0) is 19.1 Å². The Kier molecular flexibility index (Phi) is 5.83. The molecule has 24 heavy (non-hydrogen) atoms. The molecule has 1 N–H and O–H groups in total. The molecule has 0 saturated heterocycles. The summed E-state index contributed by atoms with van der Waals surface area (Å²) in [5.74, 6) is -1.55. The van der Waals surface area contributed by atoms with Gasteiger partial charge in [-0.1, -0.05) is 18.2 Å². The van der Waals surface area contributed by atoms with Gasteiger partial charge in [0, 0.05) is 18.0 Å². The van der Waals surface area contributed by atoms with Gasteiger partial charge in [0.2, 0.25) is 0 Å². The van der Waals surface area contributed by atoms with Gasteiger partial charge in [-0.05, 0) is 18.6 Å². The first-order valence-electron chi connectivity index (χ1n) is 7.36. The molecule has 1 amide bonds. The van der Waals surface area contributed by atoms with Crippen molar-refractivity contribution in [2.75, 3.05) is 14.2 Å². The Balaban J connectivity index is 2.19. The molecule has 126 valence electrons. The summed E-state index contributed by atoms with van der Waals surface area (Å²) < 4.78 is 9.23. The molecule has 0 saturated carbocycles. The first-order valence-corrected chi connectivity index (χ1v) is 7.36. The molecule has 0 aliphatic rings. The summed E-state index contributed by atoms with van der Waals surface area (Å²) in [6.07, 6.45) is 1.67. The lowest BCUT2D eigenvalue weighted by atomic mass is 10.1. The smallest absolute Gasteiger partial charge is 0.328 e. The van der Waals surface area contributed by atoms with Crippen molar-refractivity contribution in [3.63, 3.8) is 0 Å². The summed E-state index contributed by atoms with van der Waals surface area (Å²) in [7, 11) is 2.48. The van der Waals surface area contributed by atoms with Crippen molar-refractivity contribution in [2.45, 2.75) is 18.9 Å². The number of fused-ring (bicyclic) bond motifs is 1. The number of pyridine rings is 1. The molecule has 7 nitrogen and oxygen atoms in total. The van der Waals surface area contributed by atoms with Crippen molar-refractivity contribution in [3.8, 4) is 0 Å². The molecule has 1 aromatic heterocycles. The fraction of sp³-hybridized carbons (Fsp3) is 0.294. The van der Waals surface area contributed by atoms with Crippen LogP contribution < -0.4 is 5.32 Å². The van der Waals surface area contributed by atoms with E-state index in [0.717, 1.165) is 5.39 Å². The molecule has 1 aromatic carbocycles. The number of ether oxygens (including phenoxy) is 2. The number of nitrogens with zero attached hydrogens (tertiary/aromatic N) is 1. The van der Waals surface area contributed by atoms with Crippen molar-refractivity contribution in [2.24, 2.45) is 0 Å². The van der Waals surface area contributed by atoms with Crippen molar-refractivity contribution in [3.05, 3.63) is 42.1 Å². The van der Waals surface area contributed by atoms with E-state index in [4.69, 9.17) is 0 Å². The zero-order chi connectivity index (χ0) is 17.5. The highest BCUT2D eigenvalue weighted by Gasteiger charge is 2.24. The fourth-order valence-electron chi connectivity index (χ4n) is 2.28. The summed E-state index contributed by atoms with van der Waals surface area (Å²) in [4.78, 5) is 39.8. The quantitative estimate of drug-likeness (QED) is 0.806. The molecule has 2 rings (SSSR count). The lowest BCUT2D eigenvalue weighted by molar-refractivity contribution is -0.144. The largest absolute Gasteiger partial charge is 0.469 e. The topological polar surface area (TPSA) is 94.6 Å². The summed E-state index contributed by atoms with van der Waals surface area (Å²) in [6.45, 7) is 0. The first kappa shape index (κ1) is 17.4. The highest BCUT2D eigenvalue weighted by molar-refractivity contribution is 6.06. The van der Waals surface area contributed by atoms with E-state index in [1.807, 2.05) is 12.1 Å². The fourth-order valence-corrected chi connectivity index (χ4v) is 2.28. The van der Waals surface area contributed by atoms with E-state index in [0.29, 0.717) is 11.1 Å². The molecule has 0 fully saturated rings. The molecular formula is C17H18N2O5. The predicted molar refractivity (Wildman–Crippen MR) is 86.3 cm³/mol. The number of nitrogens with one attached hydrogen (secondary N) is 1. The highest BCUT2D eigenvalue weighted by Crippen LogP contribution is 2.16. The second kappa shape index (κ2) is 8.05. The number of carbonyl (C=O) groups excluding carboxylic acids is 3. The number of para-hydroxylation sites is 1. The molecule has 0 spiro atoms. The molecule has 7 heteroatoms. The maximum absolute atomic E-state index is 12.5. The number of aromatic nitrogens is 1. The minimum Gasteiger partial charge on any atom is -0.469 e. The number of esters is 2. The Labute approximate surface area is 139 Å². The van der Waals surface area contributed by atoms with Gasteiger partial charge in [-0.15, -0.1) is 0 Å². The average molecular weight is 330 g/mol. The second-order valence-electron chi connectivity index (χ2n) is 5.04. The zero-order valence-corrected chi connectivity index (χ0v) is 13.4. The van der Waals surface area contributed by atoms with E-state index in [9.17, 15) is 14.4 Å². The summed E-state index contributed by atoms with van der Waals surface area (Å²) >= 11 is 0. The van der Waals surface area contributed by atoms with Crippen LogP contribution in [0.15, 0.2) is 36.5 Å². The van der Waals surface area contributed by atoms with Gasteiger partial charge in [0.25, 0.3) is 5.91 Å². The maximum atomic E-state index is 12.5. The third-order valence-electron chi connectivity index (χ3n) is 3.53. The molecule has 1 heterocycles. The normalized spacial score (nSPS) is 11.6. The van der Waals surface area contributed by atoms with Crippen molar-refractivity contribution in [1.82, 2.24) is 10.3 Å². The lowest BCUT2D eigenvalue weighted by Crippen LogP contribution is -2.42. The van der Waals surface area contributed by atoms with Gasteiger partial charge in [0.05, 0.1) is 25.3 Å². The summed E-state index contributed by atoms with van der Waals surface area (Å²) in [5.41, 5.74) is 0.883. The standard InChI is InChI=1S/C17H18N2O5/c1-23-14(20)9-8-13(17(22)24-2)19-16(21)12-7-3-5-11-6-4-10-18-15(11)12/h3-7,10,13H,8-9H2,1-2H3,(H,19,21)/t13-/m0/s1. The van der Waals surface area contributed by atoms with Crippen LogP contribution in [0.5, 0.6) is 0 Å². The van der Waals surface area contributed by atoms with Crippen LogP contribution in [0.2, 0.25) is 0 Å². The van der Waals surface area contributed by atoms with Crippen molar-refractivity contribution >= 4 is 28.7 Å². The van der Waals surface area contributed by atoms with Crippen LogP contribution in [0.1, 0.15) is 23.2 Å². The van der Waals surface area contributed by atoms with Gasteiger partial charge in [-0.25, -0.2) is 4.79 Å². The zero-order valence-electron chi connectivity index (χ0n) is 13.4. The SMILES string of the molecule is COC(=O)CC[C@H](NC(=O)c1cccc2cccnc12)C(=O)OC. The maximum Gasteiger partial charge on any atom is 0.328 e. The highest BCUT2D eigenvalue weighted by atomic mass is 16.5. The lowest BCUT2D eigenvalue weighted by Gasteiger charge is -2.16. The number of amides is 1. The number of rotatable bonds is 6. The van der Waals surface area contributed by atoms with E-state index >= 15 is 0 Å². The van der Waals surface area contributed by atoms with Crippen LogP contribution in [0.25, 0.3) is 10.9 Å². The van der Waals surface area contributed by atoms with Gasteiger partial charge in [0.15, 0.2) is 0 Å². The number of hydrogen-bond donors (Lipinski definition) is 1. The predicted octanol–water partition coefficient (Wildman–Crippen LogP) is 1.46. The van der Waals surface area contributed by atoms with Crippen LogP contribution in [0, 0.1) is 0 Å². The summed E-state index contributed by atoms with van der Waals surface area (Å²) in [6, 6.07) is 7.88. The number of carbonyl (C=O) groups is 3. The third kappa shape index (κ3) is 4.07. The first-order chi connectivity index (χ1) is 11.6. The molecule has 0 bridgehead atoms. The molecule has 1 atom stereocenters. The Morgan fingerprint density at radius 1 is 1.12 bits per heavy atom. The van der Waals surface area contributed by atoms with E-state index in [-0.39, 0.29) is 12.8 Å². The number of benzene rings is 1. The van der Waals surface area contributed by atoms with Crippen LogP contribution in [0.4, 0.5) is 0 Å². The van der Waals surface area contributed by atoms with E-state index in [1.54, 1.807) is 24.4 Å². The van der Waals surface area contributed by atoms with Gasteiger partial charge in [-0.2, -0.15) is 0 Å². The van der Waals surface area contributed by atoms with Crippen LogP contribution in [0.3, 0.4) is 0 Å². The Morgan fingerprint density at radius 3 is 2.58 bits per heavy atom. The Morgan fingerprint density at radius 2 is 1.88 bits per heavy atom. The van der Waals surface area contributed by atoms with E-state index in [2.05, 4.69) is 19.8 Å². The van der Waals surface area contributed by atoms with E-state index in [1.165, 1.54) is 14.2 Å². The Hall–Kier alpha value is -2.96.